The van der Waals surface area contributed by atoms with Crippen molar-refractivity contribution in [2.75, 3.05) is 24.5 Å². The molecule has 1 aliphatic heterocycles. The monoisotopic (exact) mass is 646 g/mol. The summed E-state index contributed by atoms with van der Waals surface area (Å²) in [6.45, 7) is 12.6. The minimum absolute atomic E-state index is 0.0184. The van der Waals surface area contributed by atoms with E-state index in [0.717, 1.165) is 22.3 Å². The molecule has 2 amide bonds. The highest BCUT2D eigenvalue weighted by atomic mass is 19.1. The Labute approximate surface area is 272 Å². The Hall–Kier alpha value is -4.87. The number of nitrogens with zero attached hydrogens (tertiary/aromatic N) is 5. The van der Waals surface area contributed by atoms with E-state index in [2.05, 4.69) is 5.32 Å². The summed E-state index contributed by atoms with van der Waals surface area (Å²) in [7, 11) is 0. The van der Waals surface area contributed by atoms with Crippen LogP contribution in [0.3, 0.4) is 0 Å². The summed E-state index contributed by atoms with van der Waals surface area (Å²) in [5.41, 5.74) is 0.452. The molecule has 1 saturated heterocycles. The highest BCUT2D eigenvalue weighted by molar-refractivity contribution is 5.98. The standard InChI is InChI=1S/C35H40F2N6O4/c1-20(2)38-32(45)23-11-10-21(3)25(18-23)29-24-12-13-28(44)43(30-26(36)8-7-9-27(30)37)31(24)40-33(39-29)41-16-14-22(15-17-41)19-42(34(46)47)35(4,5)6/h7-13,18,20,22H,14-17,19H2,1-6H3,(H,38,45)(H,46,47). The molecule has 1 aliphatic rings. The van der Waals surface area contributed by atoms with Gasteiger partial charge in [-0.1, -0.05) is 12.1 Å². The van der Waals surface area contributed by atoms with Crippen molar-refractivity contribution in [3.63, 3.8) is 0 Å². The van der Waals surface area contributed by atoms with Gasteiger partial charge in [0.1, 0.15) is 17.3 Å². The van der Waals surface area contributed by atoms with Gasteiger partial charge >= 0.3 is 6.09 Å². The molecule has 0 unspecified atom stereocenters. The smallest absolute Gasteiger partial charge is 0.407 e. The third-order valence-corrected chi connectivity index (χ3v) is 8.45. The van der Waals surface area contributed by atoms with Crippen molar-refractivity contribution >= 4 is 29.0 Å². The van der Waals surface area contributed by atoms with E-state index in [-0.39, 0.29) is 29.5 Å². The molecule has 10 nitrogen and oxygen atoms in total. The van der Waals surface area contributed by atoms with Crippen LogP contribution in [0.2, 0.25) is 0 Å². The first kappa shape index (κ1) is 33.5. The number of carbonyl (C=O) groups is 2. The Kier molecular flexibility index (Phi) is 9.33. The minimum Gasteiger partial charge on any atom is -0.465 e. The molecular formula is C35H40F2N6O4. The normalized spacial score (nSPS) is 14.1. The number of nitrogens with one attached hydrogen (secondary N) is 1. The Balaban J connectivity index is 1.65. The zero-order valence-electron chi connectivity index (χ0n) is 27.5. The number of piperidine rings is 1. The molecule has 12 heteroatoms. The van der Waals surface area contributed by atoms with Crippen LogP contribution in [-0.2, 0) is 0 Å². The van der Waals surface area contributed by atoms with Crippen molar-refractivity contribution < 1.29 is 23.5 Å². The molecule has 0 aliphatic carbocycles. The number of hydrogen-bond acceptors (Lipinski definition) is 6. The average Bonchev–Trinajstić information content (AvgIpc) is 2.99. The first-order chi connectivity index (χ1) is 22.1. The number of benzene rings is 2. The van der Waals surface area contributed by atoms with Gasteiger partial charge in [-0.3, -0.25) is 14.2 Å². The van der Waals surface area contributed by atoms with Crippen molar-refractivity contribution in [1.82, 2.24) is 24.8 Å². The number of para-hydroxylation sites is 1. The molecule has 4 aromatic rings. The van der Waals surface area contributed by atoms with Crippen molar-refractivity contribution in [2.45, 2.75) is 66.0 Å². The van der Waals surface area contributed by atoms with Crippen LogP contribution in [0.4, 0.5) is 19.5 Å². The van der Waals surface area contributed by atoms with Gasteiger partial charge in [-0.2, -0.15) is 4.98 Å². The maximum atomic E-state index is 15.2. The number of carboxylic acid groups (broad SMARTS) is 1. The molecular weight excluding hydrogens is 606 g/mol. The minimum atomic E-state index is -0.972. The summed E-state index contributed by atoms with van der Waals surface area (Å²) < 4.78 is 31.3. The highest BCUT2D eigenvalue weighted by Gasteiger charge is 2.31. The quantitative estimate of drug-likeness (QED) is 0.247. The maximum Gasteiger partial charge on any atom is 0.407 e. The van der Waals surface area contributed by atoms with Crippen LogP contribution in [0, 0.1) is 24.5 Å². The zero-order chi connectivity index (χ0) is 34.2. The van der Waals surface area contributed by atoms with Crippen molar-refractivity contribution in [2.24, 2.45) is 5.92 Å². The van der Waals surface area contributed by atoms with E-state index in [1.807, 2.05) is 46.4 Å². The van der Waals surface area contributed by atoms with Crippen LogP contribution < -0.4 is 15.8 Å². The van der Waals surface area contributed by atoms with Gasteiger partial charge in [-0.15, -0.1) is 0 Å². The highest BCUT2D eigenvalue weighted by Crippen LogP contribution is 2.34. The van der Waals surface area contributed by atoms with Gasteiger partial charge in [0.2, 0.25) is 5.95 Å². The second kappa shape index (κ2) is 13.1. The summed E-state index contributed by atoms with van der Waals surface area (Å²) in [6.07, 6.45) is 0.342. The molecule has 5 rings (SSSR count). The second-order valence-electron chi connectivity index (χ2n) is 13.3. The molecule has 2 N–H and O–H groups in total. The molecule has 0 spiro atoms. The van der Waals surface area contributed by atoms with Gasteiger partial charge in [0.05, 0.1) is 5.69 Å². The van der Waals surface area contributed by atoms with Gasteiger partial charge in [0, 0.05) is 53.8 Å². The van der Waals surface area contributed by atoms with Gasteiger partial charge in [0.15, 0.2) is 5.65 Å². The molecule has 3 heterocycles. The van der Waals surface area contributed by atoms with Crippen molar-refractivity contribution in [1.29, 1.82) is 0 Å². The summed E-state index contributed by atoms with van der Waals surface area (Å²) in [5.74, 6) is -1.76. The first-order valence-electron chi connectivity index (χ1n) is 15.7. The fourth-order valence-corrected chi connectivity index (χ4v) is 5.95. The Morgan fingerprint density at radius 1 is 1.04 bits per heavy atom. The average molecular weight is 647 g/mol. The number of aryl methyl sites for hydroxylation is 1. The number of hydrogen-bond donors (Lipinski definition) is 2. The number of rotatable bonds is 7. The molecule has 248 valence electrons. The summed E-state index contributed by atoms with van der Waals surface area (Å²) in [6, 6.07) is 11.3. The number of halogens is 2. The molecule has 0 bridgehead atoms. The predicted molar refractivity (Wildman–Crippen MR) is 177 cm³/mol. The number of anilines is 1. The molecule has 0 radical (unpaired) electrons. The van der Waals surface area contributed by atoms with Gasteiger partial charge in [0.25, 0.3) is 11.5 Å². The van der Waals surface area contributed by atoms with Gasteiger partial charge in [-0.05, 0) is 96.2 Å². The van der Waals surface area contributed by atoms with Crippen LogP contribution in [0.15, 0.2) is 53.3 Å². The van der Waals surface area contributed by atoms with E-state index in [4.69, 9.17) is 9.97 Å². The Morgan fingerprint density at radius 3 is 2.30 bits per heavy atom. The molecule has 2 aromatic carbocycles. The predicted octanol–water partition coefficient (Wildman–Crippen LogP) is 6.17. The summed E-state index contributed by atoms with van der Waals surface area (Å²) in [4.78, 5) is 51.3. The fourth-order valence-electron chi connectivity index (χ4n) is 5.95. The van der Waals surface area contributed by atoms with E-state index in [1.165, 1.54) is 23.1 Å². The molecule has 0 saturated carbocycles. The fraction of sp³-hybridized carbons (Fsp3) is 0.400. The molecule has 47 heavy (non-hydrogen) atoms. The van der Waals surface area contributed by atoms with E-state index < -0.39 is 34.5 Å². The first-order valence-corrected chi connectivity index (χ1v) is 15.7. The van der Waals surface area contributed by atoms with Crippen molar-refractivity contribution in [3.8, 4) is 16.9 Å². The van der Waals surface area contributed by atoms with Gasteiger partial charge in [-0.25, -0.2) is 18.6 Å². The number of carbonyl (C=O) groups excluding carboxylic acids is 1. The summed E-state index contributed by atoms with van der Waals surface area (Å²) in [5, 5.41) is 13.1. The summed E-state index contributed by atoms with van der Waals surface area (Å²) >= 11 is 0. The lowest BCUT2D eigenvalue weighted by molar-refractivity contribution is 0.0850. The molecule has 1 fully saturated rings. The van der Waals surface area contributed by atoms with Crippen LogP contribution in [-0.4, -0.2) is 67.8 Å². The lowest BCUT2D eigenvalue weighted by Crippen LogP contribution is -2.49. The number of aromatic nitrogens is 3. The van der Waals surface area contributed by atoms with Gasteiger partial charge < -0.3 is 20.2 Å². The lowest BCUT2D eigenvalue weighted by atomic mass is 9.94. The van der Waals surface area contributed by atoms with E-state index in [9.17, 15) is 19.5 Å². The van der Waals surface area contributed by atoms with Crippen LogP contribution in [0.5, 0.6) is 0 Å². The topological polar surface area (TPSA) is 121 Å². The van der Waals surface area contributed by atoms with Crippen molar-refractivity contribution in [3.05, 3.63) is 81.6 Å². The third-order valence-electron chi connectivity index (χ3n) is 8.45. The Morgan fingerprint density at radius 2 is 1.70 bits per heavy atom. The number of fused-ring (bicyclic) bond motifs is 1. The van der Waals surface area contributed by atoms with Crippen LogP contribution >= 0.6 is 0 Å². The second-order valence-corrected chi connectivity index (χ2v) is 13.3. The SMILES string of the molecule is Cc1ccc(C(=O)NC(C)C)cc1-c1nc(N2CCC(CN(C(=O)O)C(C)(C)C)CC2)nc2c1ccc(=O)n2-c1c(F)cccc1F. The third kappa shape index (κ3) is 6.96. The maximum absolute atomic E-state index is 15.2. The van der Waals surface area contributed by atoms with Crippen LogP contribution in [0.1, 0.15) is 63.4 Å². The lowest BCUT2D eigenvalue weighted by Gasteiger charge is -2.39. The van der Waals surface area contributed by atoms with Crippen LogP contribution in [0.25, 0.3) is 28.0 Å². The van der Waals surface area contributed by atoms with E-state index >= 15 is 8.78 Å². The van der Waals surface area contributed by atoms with E-state index in [1.54, 1.807) is 18.2 Å². The Bertz CT molecular complexity index is 1870. The largest absolute Gasteiger partial charge is 0.465 e. The van der Waals surface area contributed by atoms with E-state index in [0.29, 0.717) is 54.7 Å². The molecule has 0 atom stereocenters. The number of amides is 2. The zero-order valence-corrected chi connectivity index (χ0v) is 27.5. The number of pyridine rings is 1. The molecule has 2 aromatic heterocycles.